The Morgan fingerprint density at radius 1 is 1.43 bits per heavy atom. The van der Waals surface area contributed by atoms with Crippen LogP contribution < -0.4 is 26.9 Å². The highest BCUT2D eigenvalue weighted by molar-refractivity contribution is 7.09. The molecule has 2 aromatic rings. The first-order chi connectivity index (χ1) is 9.79. The fourth-order valence-corrected chi connectivity index (χ4v) is 2.20. The van der Waals surface area contributed by atoms with Crippen molar-refractivity contribution in [2.24, 2.45) is 0 Å². The van der Waals surface area contributed by atoms with E-state index in [-0.39, 0.29) is 22.9 Å². The van der Waals surface area contributed by atoms with E-state index in [1.165, 1.54) is 17.9 Å². The molecular formula is C13H17BrN4O2S. The minimum absolute atomic E-state index is 0. The maximum absolute atomic E-state index is 11.7. The number of carbonyl (C=O) groups excluding carboxylic acids is 1. The SMILES string of the molecule is COCCCNC(=O)C[n+]1ccc(-c2ncns2)cc1.[Br-]. The number of hydrogen-bond donors (Lipinski definition) is 1. The minimum Gasteiger partial charge on any atom is -1.00 e. The largest absolute Gasteiger partial charge is 1.00 e. The zero-order valence-corrected chi connectivity index (χ0v) is 14.1. The van der Waals surface area contributed by atoms with Crippen LogP contribution in [0.3, 0.4) is 0 Å². The van der Waals surface area contributed by atoms with Crippen molar-refractivity contribution in [3.63, 3.8) is 0 Å². The summed E-state index contributed by atoms with van der Waals surface area (Å²) in [7, 11) is 1.65. The van der Waals surface area contributed by atoms with E-state index in [4.69, 9.17) is 4.74 Å². The first-order valence-corrected chi connectivity index (χ1v) is 7.08. The molecule has 0 aliphatic rings. The summed E-state index contributed by atoms with van der Waals surface area (Å²) < 4.78 is 10.7. The molecule has 6 nitrogen and oxygen atoms in total. The smallest absolute Gasteiger partial charge is 0.285 e. The van der Waals surface area contributed by atoms with Gasteiger partial charge in [-0.2, -0.15) is 8.94 Å². The molecule has 0 radical (unpaired) electrons. The summed E-state index contributed by atoms with van der Waals surface area (Å²) in [5, 5.41) is 3.72. The summed E-state index contributed by atoms with van der Waals surface area (Å²) in [6.07, 6.45) is 6.09. The molecule has 2 aromatic heterocycles. The van der Waals surface area contributed by atoms with E-state index in [1.54, 1.807) is 7.11 Å². The third-order valence-electron chi connectivity index (χ3n) is 2.67. The lowest BCUT2D eigenvalue weighted by Gasteiger charge is -2.02. The van der Waals surface area contributed by atoms with Gasteiger partial charge in [-0.05, 0) is 18.0 Å². The molecule has 0 fully saturated rings. The van der Waals surface area contributed by atoms with Crippen LogP contribution in [0.2, 0.25) is 0 Å². The number of hydrogen-bond acceptors (Lipinski definition) is 5. The van der Waals surface area contributed by atoms with Crippen LogP contribution in [-0.4, -0.2) is 35.5 Å². The van der Waals surface area contributed by atoms with Crippen LogP contribution in [0.4, 0.5) is 0 Å². The highest BCUT2D eigenvalue weighted by Gasteiger charge is 2.09. The van der Waals surface area contributed by atoms with Gasteiger partial charge in [0.15, 0.2) is 12.4 Å². The van der Waals surface area contributed by atoms with E-state index in [1.807, 2.05) is 29.1 Å². The molecule has 0 unspecified atom stereocenters. The maximum Gasteiger partial charge on any atom is 0.285 e. The molecule has 2 rings (SSSR count). The summed E-state index contributed by atoms with van der Waals surface area (Å²) in [4.78, 5) is 15.8. The van der Waals surface area contributed by atoms with Gasteiger partial charge in [-0.15, -0.1) is 0 Å². The van der Waals surface area contributed by atoms with Crippen molar-refractivity contribution < 1.29 is 31.1 Å². The number of halogens is 1. The van der Waals surface area contributed by atoms with Crippen LogP contribution in [0.5, 0.6) is 0 Å². The number of pyridine rings is 1. The lowest BCUT2D eigenvalue weighted by Crippen LogP contribution is -3.00. The predicted octanol–water partition coefficient (Wildman–Crippen LogP) is -2.35. The lowest BCUT2D eigenvalue weighted by molar-refractivity contribution is -0.684. The highest BCUT2D eigenvalue weighted by Crippen LogP contribution is 2.17. The first-order valence-electron chi connectivity index (χ1n) is 6.31. The van der Waals surface area contributed by atoms with Gasteiger partial charge in [0.1, 0.15) is 11.3 Å². The molecule has 0 aromatic carbocycles. The van der Waals surface area contributed by atoms with Gasteiger partial charge in [-0.3, -0.25) is 4.79 Å². The third-order valence-corrected chi connectivity index (χ3v) is 3.39. The molecule has 0 saturated carbocycles. The zero-order chi connectivity index (χ0) is 14.2. The normalized spacial score (nSPS) is 9.95. The van der Waals surface area contributed by atoms with Crippen LogP contribution in [0.15, 0.2) is 30.9 Å². The van der Waals surface area contributed by atoms with Gasteiger partial charge < -0.3 is 27.0 Å². The van der Waals surface area contributed by atoms with Crippen molar-refractivity contribution in [2.75, 3.05) is 20.3 Å². The van der Waals surface area contributed by atoms with Crippen molar-refractivity contribution in [3.8, 4) is 10.6 Å². The number of ether oxygens (including phenoxy) is 1. The zero-order valence-electron chi connectivity index (χ0n) is 11.7. The van der Waals surface area contributed by atoms with Crippen molar-refractivity contribution in [1.82, 2.24) is 14.7 Å². The van der Waals surface area contributed by atoms with Crippen LogP contribution in [-0.2, 0) is 16.1 Å². The fourth-order valence-electron chi connectivity index (χ4n) is 1.67. The second kappa shape index (κ2) is 9.54. The fraction of sp³-hybridized carbons (Fsp3) is 0.385. The summed E-state index contributed by atoms with van der Waals surface area (Å²) in [6, 6.07) is 3.86. The first kappa shape index (κ1) is 17.7. The Kier molecular flexibility index (Phi) is 8.03. The molecular weight excluding hydrogens is 356 g/mol. The molecule has 0 bridgehead atoms. The Labute approximate surface area is 138 Å². The van der Waals surface area contributed by atoms with Gasteiger partial charge in [-0.25, -0.2) is 4.98 Å². The van der Waals surface area contributed by atoms with E-state index < -0.39 is 0 Å². The Morgan fingerprint density at radius 3 is 2.81 bits per heavy atom. The molecule has 0 saturated heterocycles. The van der Waals surface area contributed by atoms with Crippen molar-refractivity contribution in [3.05, 3.63) is 30.9 Å². The second-order valence-electron chi connectivity index (χ2n) is 4.20. The molecule has 1 N–H and O–H groups in total. The van der Waals surface area contributed by atoms with Crippen molar-refractivity contribution in [2.45, 2.75) is 13.0 Å². The average Bonchev–Trinajstić information content (AvgIpc) is 2.99. The molecule has 1 amide bonds. The Balaban J connectivity index is 0.00000220. The van der Waals surface area contributed by atoms with E-state index in [2.05, 4.69) is 14.7 Å². The molecule has 21 heavy (non-hydrogen) atoms. The molecule has 114 valence electrons. The summed E-state index contributed by atoms with van der Waals surface area (Å²) in [6.45, 7) is 1.60. The van der Waals surface area contributed by atoms with Gasteiger partial charge in [0, 0.05) is 38.0 Å². The maximum atomic E-state index is 11.7. The number of aromatic nitrogens is 3. The summed E-state index contributed by atoms with van der Waals surface area (Å²) >= 11 is 1.35. The second-order valence-corrected chi connectivity index (χ2v) is 4.98. The number of nitrogens with one attached hydrogen (secondary N) is 1. The van der Waals surface area contributed by atoms with Crippen LogP contribution in [0.25, 0.3) is 10.6 Å². The topological polar surface area (TPSA) is 68.0 Å². The minimum atomic E-state index is -0.00484. The number of nitrogens with zero attached hydrogens (tertiary/aromatic N) is 3. The summed E-state index contributed by atoms with van der Waals surface area (Å²) in [5.74, 6) is -0.00484. The Hall–Kier alpha value is -1.38. The van der Waals surface area contributed by atoms with Crippen LogP contribution in [0, 0.1) is 0 Å². The highest BCUT2D eigenvalue weighted by atomic mass is 79.9. The standard InChI is InChI=1S/C13H16N4O2S.BrH/c1-19-8-2-5-14-12(18)9-17-6-3-11(4-7-17)13-15-10-16-20-13;/h3-4,6-7,10H,2,5,8-9H2,1H3;1H. The van der Waals surface area contributed by atoms with Gasteiger partial charge >= 0.3 is 0 Å². The van der Waals surface area contributed by atoms with E-state index in [0.29, 0.717) is 19.7 Å². The van der Waals surface area contributed by atoms with Crippen molar-refractivity contribution in [1.29, 1.82) is 0 Å². The Bertz CT molecular complexity index is 534. The van der Waals surface area contributed by atoms with E-state index in [0.717, 1.165) is 17.0 Å². The molecule has 0 atom stereocenters. The third kappa shape index (κ3) is 5.86. The number of amides is 1. The van der Waals surface area contributed by atoms with E-state index >= 15 is 0 Å². The molecule has 0 aliphatic carbocycles. The predicted molar refractivity (Wildman–Crippen MR) is 75.0 cm³/mol. The molecule has 8 heteroatoms. The van der Waals surface area contributed by atoms with Gasteiger partial charge in [0.25, 0.3) is 5.91 Å². The van der Waals surface area contributed by atoms with Gasteiger partial charge in [-0.1, -0.05) is 0 Å². The number of methoxy groups -OCH3 is 1. The molecule has 0 spiro atoms. The van der Waals surface area contributed by atoms with Crippen LogP contribution in [0.1, 0.15) is 6.42 Å². The Morgan fingerprint density at radius 2 is 2.19 bits per heavy atom. The average molecular weight is 373 g/mol. The number of rotatable bonds is 7. The molecule has 0 aliphatic heterocycles. The van der Waals surface area contributed by atoms with Gasteiger partial charge in [0.2, 0.25) is 6.54 Å². The quantitative estimate of drug-likeness (QED) is 0.436. The summed E-state index contributed by atoms with van der Waals surface area (Å²) in [5.41, 5.74) is 1.00. The van der Waals surface area contributed by atoms with Gasteiger partial charge in [0.05, 0.1) is 0 Å². The van der Waals surface area contributed by atoms with E-state index in [9.17, 15) is 4.79 Å². The monoisotopic (exact) mass is 372 g/mol. The lowest BCUT2D eigenvalue weighted by atomic mass is 10.3. The van der Waals surface area contributed by atoms with Crippen molar-refractivity contribution >= 4 is 17.4 Å². The van der Waals surface area contributed by atoms with Crippen LogP contribution >= 0.6 is 11.5 Å². The molecule has 2 heterocycles. The number of carbonyl (C=O) groups is 1.